The lowest BCUT2D eigenvalue weighted by Crippen LogP contribution is -2.22. The molecule has 0 aliphatic carbocycles. The molecule has 0 fully saturated rings. The van der Waals surface area contributed by atoms with E-state index in [1.165, 1.54) is 25.6 Å². The number of amides is 1. The van der Waals surface area contributed by atoms with Crippen LogP contribution in [0.4, 0.5) is 15.0 Å². The summed E-state index contributed by atoms with van der Waals surface area (Å²) >= 11 is 0. The molecule has 0 atom stereocenters. The number of halogens is 1. The van der Waals surface area contributed by atoms with Crippen LogP contribution < -0.4 is 15.8 Å². The molecule has 0 radical (unpaired) electrons. The summed E-state index contributed by atoms with van der Waals surface area (Å²) in [6.07, 6.45) is 2.01. The number of hydrogen-bond donors (Lipinski definition) is 2. The van der Waals surface area contributed by atoms with E-state index in [0.717, 1.165) is 0 Å². The standard InChI is InChI=1S/C19H16FN7O3/c1-22-19(28)30-16-9-23-18(24-17(16)21)14-8-15(13-6-7-29-26-13)27(25-14)10-11-4-2-3-5-12(11)20/h2-9H,10H2,1H3,(H,22,28)(H2,21,23,24). The SMILES string of the molecule is CNC(=O)Oc1cnc(-c2cc(-c3ccon3)n(Cc3ccccc3F)n2)nc1N. The van der Waals surface area contributed by atoms with Crippen LogP contribution in [-0.2, 0) is 6.54 Å². The van der Waals surface area contributed by atoms with Gasteiger partial charge < -0.3 is 20.3 Å². The van der Waals surface area contributed by atoms with Gasteiger partial charge in [-0.05, 0) is 12.1 Å². The average molecular weight is 409 g/mol. The number of benzene rings is 1. The maximum absolute atomic E-state index is 14.1. The Bertz CT molecular complexity index is 1190. The summed E-state index contributed by atoms with van der Waals surface area (Å²) in [4.78, 5) is 19.7. The molecular formula is C19H16FN7O3. The predicted octanol–water partition coefficient (Wildman–Crippen LogP) is 2.48. The first kappa shape index (κ1) is 19.1. The molecule has 10 nitrogen and oxygen atoms in total. The Hall–Kier alpha value is -4.28. The van der Waals surface area contributed by atoms with Gasteiger partial charge in [0.25, 0.3) is 0 Å². The van der Waals surface area contributed by atoms with Crippen molar-refractivity contribution in [1.82, 2.24) is 30.2 Å². The smallest absolute Gasteiger partial charge is 0.405 e. The van der Waals surface area contributed by atoms with Crippen LogP contribution in [0.2, 0.25) is 0 Å². The van der Waals surface area contributed by atoms with E-state index in [4.69, 9.17) is 15.0 Å². The fourth-order valence-corrected chi connectivity index (χ4v) is 2.72. The van der Waals surface area contributed by atoms with Crippen LogP contribution in [0.15, 0.2) is 53.4 Å². The highest BCUT2D eigenvalue weighted by Crippen LogP contribution is 2.27. The Morgan fingerprint density at radius 3 is 2.83 bits per heavy atom. The summed E-state index contributed by atoms with van der Waals surface area (Å²) in [5.74, 6) is -0.165. The van der Waals surface area contributed by atoms with E-state index in [-0.39, 0.29) is 29.8 Å². The molecule has 1 amide bonds. The summed E-state index contributed by atoms with van der Waals surface area (Å²) in [7, 11) is 1.42. The number of aromatic nitrogens is 5. The summed E-state index contributed by atoms with van der Waals surface area (Å²) in [6.45, 7) is 0.155. The summed E-state index contributed by atoms with van der Waals surface area (Å²) < 4.78 is 25.6. The molecule has 0 saturated heterocycles. The van der Waals surface area contributed by atoms with E-state index in [0.29, 0.717) is 22.6 Å². The Morgan fingerprint density at radius 2 is 2.13 bits per heavy atom. The van der Waals surface area contributed by atoms with Gasteiger partial charge in [0.2, 0.25) is 0 Å². The van der Waals surface area contributed by atoms with Gasteiger partial charge in [0.05, 0.1) is 18.4 Å². The van der Waals surface area contributed by atoms with E-state index in [9.17, 15) is 9.18 Å². The van der Waals surface area contributed by atoms with Crippen molar-refractivity contribution in [3.63, 3.8) is 0 Å². The zero-order valence-electron chi connectivity index (χ0n) is 15.7. The number of hydrogen-bond acceptors (Lipinski definition) is 8. The first-order valence-electron chi connectivity index (χ1n) is 8.79. The topological polar surface area (TPSA) is 134 Å². The third-order valence-electron chi connectivity index (χ3n) is 4.18. The average Bonchev–Trinajstić information content (AvgIpc) is 3.41. The first-order chi connectivity index (χ1) is 14.5. The normalized spacial score (nSPS) is 10.7. The van der Waals surface area contributed by atoms with Gasteiger partial charge in [-0.1, -0.05) is 23.4 Å². The van der Waals surface area contributed by atoms with E-state index < -0.39 is 6.09 Å². The van der Waals surface area contributed by atoms with Crippen molar-refractivity contribution in [3.05, 3.63) is 60.2 Å². The van der Waals surface area contributed by atoms with Crippen LogP contribution in [0.5, 0.6) is 5.75 Å². The van der Waals surface area contributed by atoms with Gasteiger partial charge in [0.1, 0.15) is 23.5 Å². The minimum atomic E-state index is -0.694. The predicted molar refractivity (Wildman–Crippen MR) is 104 cm³/mol. The zero-order chi connectivity index (χ0) is 21.1. The van der Waals surface area contributed by atoms with Gasteiger partial charge in [-0.3, -0.25) is 4.68 Å². The van der Waals surface area contributed by atoms with Crippen LogP contribution in [-0.4, -0.2) is 38.0 Å². The number of nitrogens with one attached hydrogen (secondary N) is 1. The molecule has 3 aromatic heterocycles. The highest BCUT2D eigenvalue weighted by Gasteiger charge is 2.18. The third kappa shape index (κ3) is 3.81. The zero-order valence-corrected chi connectivity index (χ0v) is 15.7. The lowest BCUT2D eigenvalue weighted by Gasteiger charge is -2.07. The van der Waals surface area contributed by atoms with Gasteiger partial charge in [-0.15, -0.1) is 0 Å². The van der Waals surface area contributed by atoms with Gasteiger partial charge in [0, 0.05) is 18.7 Å². The van der Waals surface area contributed by atoms with Crippen LogP contribution in [0, 0.1) is 5.82 Å². The molecule has 4 rings (SSSR count). The maximum Gasteiger partial charge on any atom is 0.412 e. The second-order valence-corrected chi connectivity index (χ2v) is 6.13. The van der Waals surface area contributed by atoms with Gasteiger partial charge >= 0.3 is 6.09 Å². The molecule has 0 bridgehead atoms. The number of carbonyl (C=O) groups excluding carboxylic acids is 1. The second kappa shape index (κ2) is 7.99. The monoisotopic (exact) mass is 409 g/mol. The summed E-state index contributed by atoms with van der Waals surface area (Å²) in [5.41, 5.74) is 7.80. The van der Waals surface area contributed by atoms with Gasteiger partial charge in [0.15, 0.2) is 17.4 Å². The fraction of sp³-hybridized carbons (Fsp3) is 0.105. The van der Waals surface area contributed by atoms with Crippen LogP contribution in [0.1, 0.15) is 5.56 Å². The second-order valence-electron chi connectivity index (χ2n) is 6.13. The van der Waals surface area contributed by atoms with Crippen molar-refractivity contribution < 1.29 is 18.4 Å². The molecular weight excluding hydrogens is 393 g/mol. The number of anilines is 1. The molecule has 4 aromatic rings. The fourth-order valence-electron chi connectivity index (χ4n) is 2.72. The molecule has 152 valence electrons. The van der Waals surface area contributed by atoms with Crippen molar-refractivity contribution in [2.75, 3.05) is 12.8 Å². The number of nitrogens with zero attached hydrogens (tertiary/aromatic N) is 5. The molecule has 1 aromatic carbocycles. The first-order valence-corrected chi connectivity index (χ1v) is 8.79. The lowest BCUT2D eigenvalue weighted by molar-refractivity contribution is 0.203. The highest BCUT2D eigenvalue weighted by molar-refractivity contribution is 5.72. The molecule has 0 unspecified atom stereocenters. The third-order valence-corrected chi connectivity index (χ3v) is 4.18. The largest absolute Gasteiger partial charge is 0.412 e. The minimum absolute atomic E-state index is 0.0145. The van der Waals surface area contributed by atoms with E-state index in [1.54, 1.807) is 35.0 Å². The Balaban J connectivity index is 1.72. The Kier molecular flexibility index (Phi) is 5.08. The van der Waals surface area contributed by atoms with Crippen LogP contribution in [0.25, 0.3) is 22.9 Å². The van der Waals surface area contributed by atoms with Crippen molar-refractivity contribution in [1.29, 1.82) is 0 Å². The molecule has 30 heavy (non-hydrogen) atoms. The van der Waals surface area contributed by atoms with Crippen molar-refractivity contribution >= 4 is 11.9 Å². The van der Waals surface area contributed by atoms with Gasteiger partial charge in [-0.25, -0.2) is 19.2 Å². The van der Waals surface area contributed by atoms with Crippen LogP contribution >= 0.6 is 0 Å². The highest BCUT2D eigenvalue weighted by atomic mass is 19.1. The molecule has 11 heteroatoms. The molecule has 3 heterocycles. The van der Waals surface area contributed by atoms with Crippen LogP contribution in [0.3, 0.4) is 0 Å². The molecule has 0 spiro atoms. The van der Waals surface area contributed by atoms with E-state index in [1.807, 2.05) is 0 Å². The number of nitrogens with two attached hydrogens (primary N) is 1. The summed E-state index contributed by atoms with van der Waals surface area (Å²) in [5, 5.41) is 10.7. The van der Waals surface area contributed by atoms with E-state index >= 15 is 0 Å². The van der Waals surface area contributed by atoms with Crippen molar-refractivity contribution in [3.8, 4) is 28.7 Å². The number of rotatable bonds is 5. The minimum Gasteiger partial charge on any atom is -0.405 e. The molecule has 0 saturated carbocycles. The van der Waals surface area contributed by atoms with E-state index in [2.05, 4.69) is 25.5 Å². The number of ether oxygens (including phenoxy) is 1. The molecule has 3 N–H and O–H groups in total. The molecule has 0 aliphatic heterocycles. The Labute approximate surface area is 169 Å². The summed E-state index contributed by atoms with van der Waals surface area (Å²) in [6, 6.07) is 9.76. The van der Waals surface area contributed by atoms with Crippen molar-refractivity contribution in [2.24, 2.45) is 0 Å². The Morgan fingerprint density at radius 1 is 1.30 bits per heavy atom. The van der Waals surface area contributed by atoms with Crippen molar-refractivity contribution in [2.45, 2.75) is 6.54 Å². The lowest BCUT2D eigenvalue weighted by atomic mass is 10.2. The number of nitrogen functional groups attached to an aromatic ring is 1. The maximum atomic E-state index is 14.1. The molecule has 0 aliphatic rings. The number of carbonyl (C=O) groups is 1. The quantitative estimate of drug-likeness (QED) is 0.513. The van der Waals surface area contributed by atoms with Gasteiger partial charge in [-0.2, -0.15) is 5.10 Å².